The van der Waals surface area contributed by atoms with Gasteiger partial charge in [-0.05, 0) is 28.7 Å². The lowest BCUT2D eigenvalue weighted by Crippen LogP contribution is -2.31. The van der Waals surface area contributed by atoms with Crippen molar-refractivity contribution in [3.05, 3.63) is 59.7 Å². The maximum atomic E-state index is 8.41. The molecule has 3 heteroatoms. The second-order valence-corrected chi connectivity index (χ2v) is 7.09. The minimum Gasteiger partial charge on any atom is -0.465 e. The third kappa shape index (κ3) is 4.66. The van der Waals surface area contributed by atoms with Crippen molar-refractivity contribution >= 4 is 6.02 Å². The van der Waals surface area contributed by atoms with Crippen LogP contribution in [0.15, 0.2) is 48.5 Å². The van der Waals surface area contributed by atoms with Crippen LogP contribution in [0.4, 0.5) is 0 Å². The van der Waals surface area contributed by atoms with Crippen LogP contribution in [0, 0.1) is 5.41 Å². The zero-order valence-electron chi connectivity index (χ0n) is 15.8. The van der Waals surface area contributed by atoms with Crippen LogP contribution >= 0.6 is 0 Å². The molecule has 3 rings (SSSR count). The molecule has 0 spiro atoms. The molecule has 0 radical (unpaired) electrons. The van der Waals surface area contributed by atoms with Crippen molar-refractivity contribution in [3.63, 3.8) is 0 Å². The van der Waals surface area contributed by atoms with Gasteiger partial charge in [-0.3, -0.25) is 5.41 Å². The summed E-state index contributed by atoms with van der Waals surface area (Å²) in [5.74, 6) is 0. The van der Waals surface area contributed by atoms with Gasteiger partial charge in [0.2, 0.25) is 0 Å². The summed E-state index contributed by atoms with van der Waals surface area (Å²) in [5.41, 5.74) is 5.05. The molecule has 138 valence electrons. The fourth-order valence-electron chi connectivity index (χ4n) is 3.60. The standard InChI is InChI=1S/C23H30N2O/c1-2-3-4-5-6-11-16-26-23(24)25-17-19-12-7-9-14-21(19)22-15-10-8-13-20(22)18-25/h7-10,12-15,24H,2-6,11,16-18H2,1H3. The fraction of sp³-hybridized carbons (Fsp3) is 0.435. The molecule has 1 heterocycles. The van der Waals surface area contributed by atoms with E-state index in [9.17, 15) is 0 Å². The Morgan fingerprint density at radius 1 is 0.846 bits per heavy atom. The van der Waals surface area contributed by atoms with Crippen molar-refractivity contribution in [3.8, 4) is 11.1 Å². The summed E-state index contributed by atoms with van der Waals surface area (Å²) in [6, 6.07) is 17.3. The number of hydrogen-bond donors (Lipinski definition) is 1. The number of fused-ring (bicyclic) bond motifs is 3. The zero-order chi connectivity index (χ0) is 18.2. The predicted octanol–water partition coefficient (Wildman–Crippen LogP) is 5.98. The Labute approximate surface area is 157 Å². The Kier molecular flexibility index (Phi) is 6.70. The molecule has 0 saturated heterocycles. The van der Waals surface area contributed by atoms with Crippen LogP contribution in [0.5, 0.6) is 0 Å². The highest BCUT2D eigenvalue weighted by Crippen LogP contribution is 2.32. The Balaban J connectivity index is 1.60. The monoisotopic (exact) mass is 350 g/mol. The van der Waals surface area contributed by atoms with Gasteiger partial charge in [-0.2, -0.15) is 0 Å². The van der Waals surface area contributed by atoms with Crippen LogP contribution in [0.2, 0.25) is 0 Å². The molecule has 0 saturated carbocycles. The molecule has 1 aliphatic heterocycles. The van der Waals surface area contributed by atoms with Gasteiger partial charge in [-0.25, -0.2) is 0 Å². The highest BCUT2D eigenvalue weighted by Gasteiger charge is 2.21. The van der Waals surface area contributed by atoms with Gasteiger partial charge in [0.25, 0.3) is 6.02 Å². The lowest BCUT2D eigenvalue weighted by Gasteiger charge is -2.23. The van der Waals surface area contributed by atoms with E-state index in [1.165, 1.54) is 54.4 Å². The van der Waals surface area contributed by atoms with Crippen LogP contribution in [0.25, 0.3) is 11.1 Å². The number of nitrogens with one attached hydrogen (secondary N) is 1. The Bertz CT molecular complexity index is 678. The molecule has 26 heavy (non-hydrogen) atoms. The van der Waals surface area contributed by atoms with E-state index in [0.717, 1.165) is 19.5 Å². The normalized spacial score (nSPS) is 12.9. The van der Waals surface area contributed by atoms with Crippen molar-refractivity contribution in [1.82, 2.24) is 4.90 Å². The van der Waals surface area contributed by atoms with Crippen LogP contribution < -0.4 is 0 Å². The van der Waals surface area contributed by atoms with E-state index in [1.54, 1.807) is 0 Å². The van der Waals surface area contributed by atoms with Crippen molar-refractivity contribution in [1.29, 1.82) is 5.41 Å². The van der Waals surface area contributed by atoms with Crippen molar-refractivity contribution in [2.24, 2.45) is 0 Å². The van der Waals surface area contributed by atoms with Gasteiger partial charge in [-0.1, -0.05) is 87.6 Å². The van der Waals surface area contributed by atoms with Crippen LogP contribution in [-0.4, -0.2) is 17.5 Å². The SMILES string of the molecule is CCCCCCCCOC(=N)N1Cc2ccccc2-c2ccccc2C1. The van der Waals surface area contributed by atoms with E-state index in [2.05, 4.69) is 55.5 Å². The largest absolute Gasteiger partial charge is 0.465 e. The van der Waals surface area contributed by atoms with Crippen LogP contribution in [0.1, 0.15) is 56.6 Å². The summed E-state index contributed by atoms with van der Waals surface area (Å²) < 4.78 is 5.78. The number of amidine groups is 1. The van der Waals surface area contributed by atoms with Crippen molar-refractivity contribution in [2.75, 3.05) is 6.61 Å². The summed E-state index contributed by atoms with van der Waals surface area (Å²) in [6.07, 6.45) is 7.41. The molecular formula is C23H30N2O. The van der Waals surface area contributed by atoms with E-state index in [4.69, 9.17) is 10.1 Å². The summed E-state index contributed by atoms with van der Waals surface area (Å²) in [4.78, 5) is 2.04. The van der Waals surface area contributed by atoms with Gasteiger partial charge in [0.1, 0.15) is 0 Å². The molecule has 0 bridgehead atoms. The molecule has 0 aromatic heterocycles. The van der Waals surface area contributed by atoms with Gasteiger partial charge >= 0.3 is 0 Å². The third-order valence-corrected chi connectivity index (χ3v) is 5.07. The molecular weight excluding hydrogens is 320 g/mol. The quantitative estimate of drug-likeness (QED) is 0.379. The molecule has 2 aromatic carbocycles. The lowest BCUT2D eigenvalue weighted by molar-refractivity contribution is 0.214. The van der Waals surface area contributed by atoms with E-state index in [-0.39, 0.29) is 0 Å². The number of rotatable bonds is 7. The summed E-state index contributed by atoms with van der Waals surface area (Å²) in [7, 11) is 0. The maximum Gasteiger partial charge on any atom is 0.284 e. The summed E-state index contributed by atoms with van der Waals surface area (Å²) in [5, 5.41) is 8.41. The highest BCUT2D eigenvalue weighted by molar-refractivity contribution is 5.76. The van der Waals surface area contributed by atoms with E-state index >= 15 is 0 Å². The van der Waals surface area contributed by atoms with Crippen molar-refractivity contribution in [2.45, 2.75) is 58.5 Å². The van der Waals surface area contributed by atoms with Gasteiger partial charge in [-0.15, -0.1) is 0 Å². The lowest BCUT2D eigenvalue weighted by atomic mass is 9.97. The van der Waals surface area contributed by atoms with Gasteiger partial charge in [0.15, 0.2) is 0 Å². The van der Waals surface area contributed by atoms with Crippen LogP contribution in [0.3, 0.4) is 0 Å². The van der Waals surface area contributed by atoms with E-state index in [1.807, 2.05) is 4.90 Å². The highest BCUT2D eigenvalue weighted by atomic mass is 16.5. The Morgan fingerprint density at radius 3 is 2.00 bits per heavy atom. The molecule has 1 N–H and O–H groups in total. The number of benzene rings is 2. The smallest absolute Gasteiger partial charge is 0.284 e. The summed E-state index contributed by atoms with van der Waals surface area (Å²) >= 11 is 0. The van der Waals surface area contributed by atoms with E-state index in [0.29, 0.717) is 12.6 Å². The van der Waals surface area contributed by atoms with Gasteiger partial charge in [0.05, 0.1) is 6.61 Å². The van der Waals surface area contributed by atoms with Gasteiger partial charge < -0.3 is 9.64 Å². The zero-order valence-corrected chi connectivity index (χ0v) is 15.8. The second kappa shape index (κ2) is 9.42. The molecule has 1 aliphatic rings. The fourth-order valence-corrected chi connectivity index (χ4v) is 3.60. The first-order valence-corrected chi connectivity index (χ1v) is 9.92. The maximum absolute atomic E-state index is 8.41. The first kappa shape index (κ1) is 18.5. The Hall–Kier alpha value is -2.29. The molecule has 0 fully saturated rings. The number of hydrogen-bond acceptors (Lipinski definition) is 2. The molecule has 2 aromatic rings. The first-order chi connectivity index (χ1) is 12.8. The van der Waals surface area contributed by atoms with Crippen molar-refractivity contribution < 1.29 is 4.74 Å². The molecule has 3 nitrogen and oxygen atoms in total. The second-order valence-electron chi connectivity index (χ2n) is 7.09. The molecule has 0 unspecified atom stereocenters. The number of ether oxygens (including phenoxy) is 1. The molecule has 0 aliphatic carbocycles. The molecule has 0 amide bonds. The average molecular weight is 351 g/mol. The minimum atomic E-state index is 0.296. The topological polar surface area (TPSA) is 36.3 Å². The average Bonchev–Trinajstić information content (AvgIpc) is 2.84. The first-order valence-electron chi connectivity index (χ1n) is 9.92. The number of nitrogens with zero attached hydrogens (tertiary/aromatic N) is 1. The third-order valence-electron chi connectivity index (χ3n) is 5.07. The molecule has 0 atom stereocenters. The van der Waals surface area contributed by atoms with E-state index < -0.39 is 0 Å². The van der Waals surface area contributed by atoms with Gasteiger partial charge in [0, 0.05) is 13.1 Å². The predicted molar refractivity (Wildman–Crippen MR) is 108 cm³/mol. The van der Waals surface area contributed by atoms with Crippen LogP contribution in [-0.2, 0) is 17.8 Å². The summed E-state index contributed by atoms with van der Waals surface area (Å²) in [6.45, 7) is 4.33. The number of unbranched alkanes of at least 4 members (excludes halogenated alkanes) is 5. The minimum absolute atomic E-state index is 0.296. The Morgan fingerprint density at radius 2 is 1.38 bits per heavy atom.